The highest BCUT2D eigenvalue weighted by molar-refractivity contribution is 6.29. The van der Waals surface area contributed by atoms with Crippen LogP contribution in [0, 0.1) is 5.41 Å². The molecule has 1 aliphatic heterocycles. The minimum absolute atomic E-state index is 0.00856. The lowest BCUT2D eigenvalue weighted by molar-refractivity contribution is -0.135. The molecule has 1 fully saturated rings. The normalized spacial score (nSPS) is 18.4. The molecule has 0 spiro atoms. The summed E-state index contributed by atoms with van der Waals surface area (Å²) in [4.78, 5) is 43.0. The number of hydrogen-bond donors (Lipinski definition) is 2. The second-order valence-corrected chi connectivity index (χ2v) is 9.88. The molecule has 4 amide bonds. The summed E-state index contributed by atoms with van der Waals surface area (Å²) in [6.45, 7) is 9.01. The molecule has 1 aromatic rings. The Morgan fingerprint density at radius 3 is 1.94 bits per heavy atom. The molecule has 1 heterocycles. The number of carbonyl (C=O) groups is 3. The van der Waals surface area contributed by atoms with E-state index in [1.54, 1.807) is 13.8 Å². The summed E-state index contributed by atoms with van der Waals surface area (Å²) in [7, 11) is 0. The van der Waals surface area contributed by atoms with Crippen LogP contribution in [0.1, 0.15) is 46.1 Å². The van der Waals surface area contributed by atoms with Gasteiger partial charge in [0.05, 0.1) is 13.2 Å². The maximum Gasteiger partial charge on any atom is 0.333 e. The Morgan fingerprint density at radius 2 is 1.44 bits per heavy atom. The van der Waals surface area contributed by atoms with Gasteiger partial charge in [0.25, 0.3) is 11.8 Å². The second-order valence-electron chi connectivity index (χ2n) is 9.88. The first kappa shape index (κ1) is 27.4. The standard InChI is InChI=1S/C28H37N3O5/c1-5-30-25(34)24(26(35)31(6-2)27(30)36)22-17-21(18-28(3,4)19-22)8-7-20-9-11-23(12-10-20)29(13-15-32)14-16-33/h7-12,17,32-33H,5-6,13-16,18-19H2,1-4H3. The molecule has 2 N–H and O–H groups in total. The van der Waals surface area contributed by atoms with Crippen LogP contribution in [0.2, 0.25) is 0 Å². The Labute approximate surface area is 213 Å². The number of nitrogens with zero attached hydrogens (tertiary/aromatic N) is 3. The van der Waals surface area contributed by atoms with Gasteiger partial charge in [-0.2, -0.15) is 0 Å². The molecular formula is C28H37N3O5. The van der Waals surface area contributed by atoms with Crippen molar-refractivity contribution in [1.82, 2.24) is 9.80 Å². The quantitative estimate of drug-likeness (QED) is 0.402. The van der Waals surface area contributed by atoms with Gasteiger partial charge in [-0.15, -0.1) is 0 Å². The Balaban J connectivity index is 1.93. The number of hydrogen-bond acceptors (Lipinski definition) is 6. The van der Waals surface area contributed by atoms with E-state index >= 15 is 0 Å². The maximum atomic E-state index is 13.1. The molecule has 194 valence electrons. The minimum atomic E-state index is -0.557. The van der Waals surface area contributed by atoms with E-state index in [4.69, 9.17) is 0 Å². The van der Waals surface area contributed by atoms with Gasteiger partial charge in [0.1, 0.15) is 5.57 Å². The summed E-state index contributed by atoms with van der Waals surface area (Å²) in [5.74, 6) is -1.04. The van der Waals surface area contributed by atoms with Gasteiger partial charge in [0, 0.05) is 31.9 Å². The summed E-state index contributed by atoms with van der Waals surface area (Å²) in [5, 5.41) is 18.5. The van der Waals surface area contributed by atoms with Crippen LogP contribution in [-0.2, 0) is 9.59 Å². The summed E-state index contributed by atoms with van der Waals surface area (Å²) in [5.41, 5.74) is 3.51. The van der Waals surface area contributed by atoms with Crippen molar-refractivity contribution in [2.45, 2.75) is 40.5 Å². The molecule has 0 aromatic heterocycles. The average molecular weight is 496 g/mol. The lowest BCUT2D eigenvalue weighted by Crippen LogP contribution is -2.56. The number of imide groups is 2. The first-order chi connectivity index (χ1) is 17.1. The molecule has 1 saturated heterocycles. The molecule has 0 atom stereocenters. The van der Waals surface area contributed by atoms with Crippen molar-refractivity contribution in [3.8, 4) is 0 Å². The zero-order valence-electron chi connectivity index (χ0n) is 21.7. The number of anilines is 1. The third kappa shape index (κ3) is 5.94. The van der Waals surface area contributed by atoms with Crippen LogP contribution < -0.4 is 4.90 Å². The Kier molecular flexibility index (Phi) is 8.87. The van der Waals surface area contributed by atoms with E-state index in [0.29, 0.717) is 25.1 Å². The zero-order valence-corrected chi connectivity index (χ0v) is 21.7. The Hall–Kier alpha value is -3.23. The topological polar surface area (TPSA) is 101 Å². The summed E-state index contributed by atoms with van der Waals surface area (Å²) in [6.07, 6.45) is 7.28. The number of amides is 4. The van der Waals surface area contributed by atoms with Gasteiger partial charge in [-0.1, -0.05) is 44.2 Å². The number of rotatable bonds is 9. The first-order valence-corrected chi connectivity index (χ1v) is 12.5. The lowest BCUT2D eigenvalue weighted by atomic mass is 9.73. The summed E-state index contributed by atoms with van der Waals surface area (Å²) in [6, 6.07) is 7.29. The number of aliphatic hydroxyl groups excluding tert-OH is 2. The van der Waals surface area contributed by atoms with E-state index in [1.165, 1.54) is 0 Å². The molecule has 36 heavy (non-hydrogen) atoms. The van der Waals surface area contributed by atoms with Crippen LogP contribution >= 0.6 is 0 Å². The predicted octanol–water partition coefficient (Wildman–Crippen LogP) is 3.36. The van der Waals surface area contributed by atoms with Crippen molar-refractivity contribution < 1.29 is 24.6 Å². The monoisotopic (exact) mass is 495 g/mol. The van der Waals surface area contributed by atoms with Crippen molar-refractivity contribution in [2.24, 2.45) is 5.41 Å². The number of benzene rings is 1. The van der Waals surface area contributed by atoms with Crippen LogP contribution in [0.25, 0.3) is 6.08 Å². The number of allylic oxidation sites excluding steroid dienone is 4. The Morgan fingerprint density at radius 1 is 0.889 bits per heavy atom. The fourth-order valence-corrected chi connectivity index (χ4v) is 4.85. The average Bonchev–Trinajstić information content (AvgIpc) is 2.82. The molecule has 0 radical (unpaired) electrons. The molecule has 1 aliphatic carbocycles. The second kappa shape index (κ2) is 11.7. The minimum Gasteiger partial charge on any atom is -0.395 e. The largest absolute Gasteiger partial charge is 0.395 e. The number of carbonyl (C=O) groups excluding carboxylic acids is 3. The summed E-state index contributed by atoms with van der Waals surface area (Å²) < 4.78 is 0. The SMILES string of the molecule is CCN1C(=O)C(=C2C=C(C=Cc3ccc(N(CCO)CCO)cc3)CC(C)(C)C2)C(=O)N(CC)C1=O. The fourth-order valence-electron chi connectivity index (χ4n) is 4.85. The third-order valence-electron chi connectivity index (χ3n) is 6.53. The van der Waals surface area contributed by atoms with Gasteiger partial charge in [0.15, 0.2) is 0 Å². The number of aliphatic hydroxyl groups is 2. The molecule has 8 heteroatoms. The van der Waals surface area contributed by atoms with Crippen LogP contribution in [0.5, 0.6) is 0 Å². The summed E-state index contributed by atoms with van der Waals surface area (Å²) >= 11 is 0. The van der Waals surface area contributed by atoms with Gasteiger partial charge < -0.3 is 15.1 Å². The fraction of sp³-hybridized carbons (Fsp3) is 0.464. The highest BCUT2D eigenvalue weighted by Gasteiger charge is 2.43. The van der Waals surface area contributed by atoms with Crippen LogP contribution in [0.3, 0.4) is 0 Å². The molecule has 8 nitrogen and oxygen atoms in total. The number of likely N-dealkylation sites (N-methyl/N-ethyl adjacent to an activating group) is 2. The first-order valence-electron chi connectivity index (χ1n) is 12.5. The van der Waals surface area contributed by atoms with Crippen LogP contribution in [0.4, 0.5) is 10.5 Å². The molecule has 1 aromatic carbocycles. The number of barbiturate groups is 1. The number of urea groups is 1. The highest BCUT2D eigenvalue weighted by Crippen LogP contribution is 2.40. The molecule has 0 unspecified atom stereocenters. The van der Waals surface area contributed by atoms with Crippen LogP contribution in [0.15, 0.2) is 53.1 Å². The maximum absolute atomic E-state index is 13.1. The van der Waals surface area contributed by atoms with Gasteiger partial charge in [-0.25, -0.2) is 4.79 Å². The van der Waals surface area contributed by atoms with E-state index in [2.05, 4.69) is 13.8 Å². The third-order valence-corrected chi connectivity index (χ3v) is 6.53. The van der Waals surface area contributed by atoms with Crippen LogP contribution in [-0.4, -0.2) is 77.3 Å². The van der Waals surface area contributed by atoms with E-state index in [-0.39, 0.29) is 37.3 Å². The van der Waals surface area contributed by atoms with Crippen molar-refractivity contribution in [3.63, 3.8) is 0 Å². The highest BCUT2D eigenvalue weighted by atomic mass is 16.3. The van der Waals surface area contributed by atoms with Gasteiger partial charge in [-0.3, -0.25) is 19.4 Å². The molecule has 0 bridgehead atoms. The van der Waals surface area contributed by atoms with E-state index in [9.17, 15) is 24.6 Å². The van der Waals surface area contributed by atoms with Gasteiger partial charge in [0.2, 0.25) is 0 Å². The van der Waals surface area contributed by atoms with E-state index in [0.717, 1.165) is 33.0 Å². The van der Waals surface area contributed by atoms with Crippen molar-refractivity contribution >= 4 is 29.6 Å². The molecular weight excluding hydrogens is 458 g/mol. The molecule has 3 rings (SSSR count). The predicted molar refractivity (Wildman–Crippen MR) is 140 cm³/mol. The van der Waals surface area contributed by atoms with E-state index < -0.39 is 17.8 Å². The van der Waals surface area contributed by atoms with Gasteiger partial charge >= 0.3 is 6.03 Å². The molecule has 0 saturated carbocycles. The smallest absolute Gasteiger partial charge is 0.333 e. The van der Waals surface area contributed by atoms with Crippen molar-refractivity contribution in [3.05, 3.63) is 58.7 Å². The van der Waals surface area contributed by atoms with Gasteiger partial charge in [-0.05, 0) is 60.9 Å². The lowest BCUT2D eigenvalue weighted by Gasteiger charge is -2.36. The van der Waals surface area contributed by atoms with Crippen molar-refractivity contribution in [1.29, 1.82) is 0 Å². The van der Waals surface area contributed by atoms with E-state index in [1.807, 2.05) is 47.4 Å². The van der Waals surface area contributed by atoms with Crippen molar-refractivity contribution in [2.75, 3.05) is 44.3 Å². The Bertz CT molecular complexity index is 1050. The zero-order chi connectivity index (χ0) is 26.5. The molecule has 2 aliphatic rings.